The summed E-state index contributed by atoms with van der Waals surface area (Å²) in [4.78, 5) is 2.59. The predicted octanol–water partition coefficient (Wildman–Crippen LogP) is 3.40. The minimum Gasteiger partial charge on any atom is -0.326 e. The summed E-state index contributed by atoms with van der Waals surface area (Å²) in [5.74, 6) is 0. The third-order valence-corrected chi connectivity index (χ3v) is 4.35. The fraction of sp³-hybridized carbons (Fsp3) is 1.00. The molecule has 1 rings (SSSR count). The van der Waals surface area contributed by atoms with Gasteiger partial charge in [0.1, 0.15) is 0 Å². The Balaban J connectivity index is 2.74. The van der Waals surface area contributed by atoms with Gasteiger partial charge in [-0.05, 0) is 31.7 Å². The van der Waals surface area contributed by atoms with Crippen molar-refractivity contribution in [2.75, 3.05) is 7.05 Å². The lowest BCUT2D eigenvalue weighted by Crippen LogP contribution is -2.56. The van der Waals surface area contributed by atoms with E-state index in [9.17, 15) is 0 Å². The first-order valence-electron chi connectivity index (χ1n) is 7.35. The van der Waals surface area contributed by atoms with Crippen LogP contribution in [0.5, 0.6) is 0 Å². The first-order valence-corrected chi connectivity index (χ1v) is 7.35. The van der Waals surface area contributed by atoms with E-state index in [4.69, 9.17) is 5.73 Å². The van der Waals surface area contributed by atoms with E-state index in [1.807, 2.05) is 0 Å². The Labute approximate surface area is 108 Å². The first-order chi connectivity index (χ1) is 7.88. The van der Waals surface area contributed by atoms with Crippen molar-refractivity contribution < 1.29 is 0 Å². The SMILES string of the molecule is CCC(N)C(N(C)C1CCCCC1)C(C)(C)C. The Morgan fingerprint density at radius 1 is 1.18 bits per heavy atom. The highest BCUT2D eigenvalue weighted by Gasteiger charge is 2.35. The fourth-order valence-electron chi connectivity index (χ4n) is 3.49. The van der Waals surface area contributed by atoms with Crippen LogP contribution in [0, 0.1) is 5.41 Å². The number of likely N-dealkylation sites (N-methyl/N-ethyl adjacent to an activating group) is 1. The van der Waals surface area contributed by atoms with E-state index in [0.29, 0.717) is 12.1 Å². The van der Waals surface area contributed by atoms with Crippen LogP contribution in [0.25, 0.3) is 0 Å². The lowest BCUT2D eigenvalue weighted by Gasteiger charge is -2.46. The summed E-state index contributed by atoms with van der Waals surface area (Å²) in [5.41, 5.74) is 6.63. The van der Waals surface area contributed by atoms with Gasteiger partial charge < -0.3 is 5.73 Å². The molecule has 2 nitrogen and oxygen atoms in total. The molecule has 0 amide bonds. The van der Waals surface area contributed by atoms with Crippen LogP contribution in [-0.4, -0.2) is 30.1 Å². The maximum atomic E-state index is 6.37. The van der Waals surface area contributed by atoms with Gasteiger partial charge in [-0.2, -0.15) is 0 Å². The number of hydrogen-bond acceptors (Lipinski definition) is 2. The summed E-state index contributed by atoms with van der Waals surface area (Å²) in [5, 5.41) is 0. The molecule has 1 aliphatic carbocycles. The van der Waals surface area contributed by atoms with Crippen molar-refractivity contribution >= 4 is 0 Å². The van der Waals surface area contributed by atoms with Crippen LogP contribution in [0.1, 0.15) is 66.2 Å². The van der Waals surface area contributed by atoms with Gasteiger partial charge >= 0.3 is 0 Å². The van der Waals surface area contributed by atoms with Crippen LogP contribution < -0.4 is 5.73 Å². The normalized spacial score (nSPS) is 22.8. The van der Waals surface area contributed by atoms with Crippen molar-refractivity contribution in [2.24, 2.45) is 11.1 Å². The van der Waals surface area contributed by atoms with Gasteiger partial charge in [-0.25, -0.2) is 0 Å². The molecule has 0 aromatic heterocycles. The van der Waals surface area contributed by atoms with E-state index in [1.165, 1.54) is 32.1 Å². The van der Waals surface area contributed by atoms with Gasteiger partial charge in [0.25, 0.3) is 0 Å². The van der Waals surface area contributed by atoms with Gasteiger partial charge in [0.15, 0.2) is 0 Å². The third-order valence-electron chi connectivity index (χ3n) is 4.35. The van der Waals surface area contributed by atoms with Crippen LogP contribution in [0.2, 0.25) is 0 Å². The average Bonchev–Trinajstić information content (AvgIpc) is 2.28. The predicted molar refractivity (Wildman–Crippen MR) is 76.1 cm³/mol. The first kappa shape index (κ1) is 15.0. The van der Waals surface area contributed by atoms with Crippen LogP contribution in [0.15, 0.2) is 0 Å². The fourth-order valence-corrected chi connectivity index (χ4v) is 3.49. The maximum absolute atomic E-state index is 6.37. The van der Waals surface area contributed by atoms with Crippen LogP contribution in [-0.2, 0) is 0 Å². The molecule has 0 aliphatic heterocycles. The van der Waals surface area contributed by atoms with Crippen molar-refractivity contribution in [3.05, 3.63) is 0 Å². The third kappa shape index (κ3) is 3.96. The molecule has 2 heteroatoms. The smallest absolute Gasteiger partial charge is 0.0295 e. The highest BCUT2D eigenvalue weighted by atomic mass is 15.2. The van der Waals surface area contributed by atoms with Gasteiger partial charge in [0, 0.05) is 18.1 Å². The number of rotatable bonds is 4. The zero-order valence-electron chi connectivity index (χ0n) is 12.5. The second-order valence-electron chi connectivity index (χ2n) is 6.84. The monoisotopic (exact) mass is 240 g/mol. The molecule has 102 valence electrons. The van der Waals surface area contributed by atoms with E-state index >= 15 is 0 Å². The average molecular weight is 240 g/mol. The lowest BCUT2D eigenvalue weighted by molar-refractivity contribution is 0.0482. The lowest BCUT2D eigenvalue weighted by atomic mass is 9.79. The van der Waals surface area contributed by atoms with Crippen molar-refractivity contribution in [3.63, 3.8) is 0 Å². The van der Waals surface area contributed by atoms with Crippen molar-refractivity contribution in [1.29, 1.82) is 0 Å². The second kappa shape index (κ2) is 6.19. The highest BCUT2D eigenvalue weighted by molar-refractivity contribution is 4.92. The van der Waals surface area contributed by atoms with Crippen molar-refractivity contribution in [2.45, 2.75) is 84.3 Å². The highest BCUT2D eigenvalue weighted by Crippen LogP contribution is 2.32. The molecule has 0 aromatic rings. The quantitative estimate of drug-likeness (QED) is 0.816. The van der Waals surface area contributed by atoms with Gasteiger partial charge in [-0.3, -0.25) is 4.90 Å². The Morgan fingerprint density at radius 2 is 1.71 bits per heavy atom. The van der Waals surface area contributed by atoms with Gasteiger partial charge in [0.2, 0.25) is 0 Å². The molecule has 0 heterocycles. The topological polar surface area (TPSA) is 29.3 Å². The minimum absolute atomic E-state index is 0.265. The molecule has 1 aliphatic rings. The van der Waals surface area contributed by atoms with Gasteiger partial charge in [-0.1, -0.05) is 47.0 Å². The van der Waals surface area contributed by atoms with Crippen molar-refractivity contribution in [3.8, 4) is 0 Å². The Hall–Kier alpha value is -0.0800. The standard InChI is InChI=1S/C15H32N2/c1-6-13(16)14(15(2,3)4)17(5)12-10-8-7-9-11-12/h12-14H,6-11,16H2,1-5H3. The zero-order chi connectivity index (χ0) is 13.1. The number of nitrogens with two attached hydrogens (primary N) is 1. The van der Waals surface area contributed by atoms with Crippen LogP contribution >= 0.6 is 0 Å². The van der Waals surface area contributed by atoms with E-state index < -0.39 is 0 Å². The number of hydrogen-bond donors (Lipinski definition) is 1. The van der Waals surface area contributed by atoms with Crippen molar-refractivity contribution in [1.82, 2.24) is 4.90 Å². The molecule has 0 aromatic carbocycles. The molecular weight excluding hydrogens is 208 g/mol. The zero-order valence-corrected chi connectivity index (χ0v) is 12.5. The van der Waals surface area contributed by atoms with E-state index in [2.05, 4.69) is 39.6 Å². The molecular formula is C15H32N2. The molecule has 2 atom stereocenters. The summed E-state index contributed by atoms with van der Waals surface area (Å²) >= 11 is 0. The Bertz CT molecular complexity index is 213. The Morgan fingerprint density at radius 3 is 2.12 bits per heavy atom. The molecule has 1 saturated carbocycles. The van der Waals surface area contributed by atoms with E-state index in [1.54, 1.807) is 0 Å². The minimum atomic E-state index is 0.265. The molecule has 2 N–H and O–H groups in total. The molecule has 0 saturated heterocycles. The van der Waals surface area contributed by atoms with Crippen LogP contribution in [0.3, 0.4) is 0 Å². The molecule has 0 radical (unpaired) electrons. The summed E-state index contributed by atoms with van der Waals surface area (Å²) in [6.45, 7) is 9.18. The van der Waals surface area contributed by atoms with Gasteiger partial charge in [0.05, 0.1) is 0 Å². The maximum Gasteiger partial charge on any atom is 0.0295 e. The number of nitrogens with zero attached hydrogens (tertiary/aromatic N) is 1. The summed E-state index contributed by atoms with van der Waals surface area (Å²) < 4.78 is 0. The second-order valence-corrected chi connectivity index (χ2v) is 6.84. The molecule has 2 unspecified atom stereocenters. The molecule has 1 fully saturated rings. The van der Waals surface area contributed by atoms with E-state index in [0.717, 1.165) is 12.5 Å². The molecule has 0 spiro atoms. The summed E-state index contributed by atoms with van der Waals surface area (Å²) in [6.07, 6.45) is 8.00. The van der Waals surface area contributed by atoms with Gasteiger partial charge in [-0.15, -0.1) is 0 Å². The molecule has 17 heavy (non-hydrogen) atoms. The summed E-state index contributed by atoms with van der Waals surface area (Å²) in [6, 6.07) is 1.54. The largest absolute Gasteiger partial charge is 0.326 e. The molecule has 0 bridgehead atoms. The Kier molecular flexibility index (Phi) is 5.46. The van der Waals surface area contributed by atoms with Crippen LogP contribution in [0.4, 0.5) is 0 Å². The van der Waals surface area contributed by atoms with E-state index in [-0.39, 0.29) is 5.41 Å². The summed E-state index contributed by atoms with van der Waals surface area (Å²) in [7, 11) is 2.29.